The molecule has 0 aliphatic carbocycles. The van der Waals surface area contributed by atoms with Crippen molar-refractivity contribution in [1.29, 1.82) is 0 Å². The van der Waals surface area contributed by atoms with E-state index < -0.39 is 29.4 Å². The van der Waals surface area contributed by atoms with E-state index in [4.69, 9.17) is 9.47 Å². The molecule has 1 unspecified atom stereocenters. The Hall–Kier alpha value is -3.51. The van der Waals surface area contributed by atoms with E-state index in [-0.39, 0.29) is 30.1 Å². The summed E-state index contributed by atoms with van der Waals surface area (Å²) in [6.07, 6.45) is 1.20. The van der Waals surface area contributed by atoms with Crippen LogP contribution >= 0.6 is 0 Å². The van der Waals surface area contributed by atoms with Gasteiger partial charge in [-0.2, -0.15) is 0 Å². The van der Waals surface area contributed by atoms with Gasteiger partial charge in [-0.25, -0.2) is 4.79 Å². The molecule has 12 nitrogen and oxygen atoms in total. The Morgan fingerprint density at radius 1 is 1.07 bits per heavy atom. The molecule has 1 saturated heterocycles. The van der Waals surface area contributed by atoms with Crippen LogP contribution in [0.25, 0.3) is 0 Å². The van der Waals surface area contributed by atoms with Crippen molar-refractivity contribution in [3.63, 3.8) is 0 Å². The number of fused-ring (bicyclic) bond motifs is 1. The van der Waals surface area contributed by atoms with Crippen molar-refractivity contribution < 1.29 is 33.4 Å². The third kappa shape index (κ3) is 8.49. The highest BCUT2D eigenvalue weighted by Gasteiger charge is 2.42. The molecule has 1 N–H and O–H groups in total. The van der Waals surface area contributed by atoms with Crippen molar-refractivity contribution in [3.05, 3.63) is 29.3 Å². The number of amides is 4. The van der Waals surface area contributed by atoms with Gasteiger partial charge in [0.25, 0.3) is 11.8 Å². The number of nitrogens with zero attached hydrogens (tertiary/aromatic N) is 4. The lowest BCUT2D eigenvalue weighted by molar-refractivity contribution is -0.124. The fourth-order valence-electron chi connectivity index (χ4n) is 4.86. The van der Waals surface area contributed by atoms with Crippen LogP contribution in [0.15, 0.2) is 18.2 Å². The predicted molar refractivity (Wildman–Crippen MR) is 153 cm³/mol. The molecule has 2 heterocycles. The van der Waals surface area contributed by atoms with Crippen LogP contribution in [0.3, 0.4) is 0 Å². The molecule has 1 aromatic rings. The molecule has 0 spiro atoms. The highest BCUT2D eigenvalue weighted by atomic mass is 16.6. The number of benzene rings is 1. The molecule has 2 aliphatic heterocycles. The zero-order valence-electron chi connectivity index (χ0n) is 24.8. The van der Waals surface area contributed by atoms with E-state index in [2.05, 4.69) is 15.1 Å². The van der Waals surface area contributed by atoms with Gasteiger partial charge in [0, 0.05) is 72.1 Å². The first kappa shape index (κ1) is 32.0. The summed E-state index contributed by atoms with van der Waals surface area (Å²) in [4.78, 5) is 68.5. The summed E-state index contributed by atoms with van der Waals surface area (Å²) in [7, 11) is 3.15. The number of ether oxygens (including phenoxy) is 2. The van der Waals surface area contributed by atoms with Gasteiger partial charge in [-0.15, -0.1) is 0 Å². The molecule has 0 aromatic heterocycles. The number of nitrogens with one attached hydrogen (secondary N) is 1. The van der Waals surface area contributed by atoms with Crippen LogP contribution in [0.2, 0.25) is 0 Å². The minimum absolute atomic E-state index is 0.0670. The topological polar surface area (TPSA) is 129 Å². The zero-order chi connectivity index (χ0) is 30.2. The highest BCUT2D eigenvalue weighted by Crippen LogP contribution is 2.30. The SMILES string of the molecule is CNC(=O)C(CCC=O)N1C(=O)c2ccc(N3CCN(CCOCCCN(C)C(=O)OC(C)(C)C)CC3)cc2C1=O. The summed E-state index contributed by atoms with van der Waals surface area (Å²) in [5.74, 6) is -1.51. The van der Waals surface area contributed by atoms with Crippen LogP contribution in [-0.2, 0) is 19.1 Å². The number of carbonyl (C=O) groups is 5. The molecule has 41 heavy (non-hydrogen) atoms. The number of anilines is 1. The van der Waals surface area contributed by atoms with E-state index in [0.29, 0.717) is 26.0 Å². The third-order valence-electron chi connectivity index (χ3n) is 7.10. The monoisotopic (exact) mass is 573 g/mol. The van der Waals surface area contributed by atoms with Crippen molar-refractivity contribution >= 4 is 35.8 Å². The Bertz CT molecular complexity index is 1110. The lowest BCUT2D eigenvalue weighted by atomic mass is 10.1. The van der Waals surface area contributed by atoms with Gasteiger partial charge in [0.15, 0.2) is 0 Å². The molecule has 4 amide bonds. The Balaban J connectivity index is 1.44. The van der Waals surface area contributed by atoms with E-state index in [9.17, 15) is 24.0 Å². The summed E-state index contributed by atoms with van der Waals surface area (Å²) in [6, 6.07) is 4.17. The lowest BCUT2D eigenvalue weighted by Gasteiger charge is -2.36. The van der Waals surface area contributed by atoms with E-state index >= 15 is 0 Å². The van der Waals surface area contributed by atoms with Gasteiger partial charge in [0.05, 0.1) is 17.7 Å². The summed E-state index contributed by atoms with van der Waals surface area (Å²) in [5.41, 5.74) is 0.883. The maximum absolute atomic E-state index is 13.2. The lowest BCUT2D eigenvalue weighted by Crippen LogP contribution is -2.48. The second-order valence-corrected chi connectivity index (χ2v) is 11.3. The highest BCUT2D eigenvalue weighted by molar-refractivity contribution is 6.23. The minimum atomic E-state index is -1.03. The molecule has 2 aliphatic rings. The number of hydrogen-bond donors (Lipinski definition) is 1. The number of likely N-dealkylation sites (N-methyl/N-ethyl adjacent to an activating group) is 1. The van der Waals surface area contributed by atoms with Crippen LogP contribution in [0.4, 0.5) is 10.5 Å². The van der Waals surface area contributed by atoms with Gasteiger partial charge >= 0.3 is 6.09 Å². The number of piperazine rings is 1. The molecule has 1 atom stereocenters. The van der Waals surface area contributed by atoms with E-state index in [1.807, 2.05) is 26.8 Å². The number of carbonyl (C=O) groups excluding carboxylic acids is 5. The predicted octanol–water partition coefficient (Wildman–Crippen LogP) is 1.77. The van der Waals surface area contributed by atoms with Gasteiger partial charge in [-0.05, 0) is 51.8 Å². The van der Waals surface area contributed by atoms with Gasteiger partial charge in [-0.3, -0.25) is 24.2 Å². The molecule has 226 valence electrons. The molecule has 0 bridgehead atoms. The fourth-order valence-corrected chi connectivity index (χ4v) is 4.86. The summed E-state index contributed by atoms with van der Waals surface area (Å²) in [5, 5.41) is 2.48. The molecule has 12 heteroatoms. The molecule has 1 fully saturated rings. The zero-order valence-corrected chi connectivity index (χ0v) is 24.8. The summed E-state index contributed by atoms with van der Waals surface area (Å²) < 4.78 is 11.1. The first-order chi connectivity index (χ1) is 19.5. The smallest absolute Gasteiger partial charge is 0.410 e. The Kier molecular flexibility index (Phi) is 11.2. The normalized spacial score (nSPS) is 16.4. The van der Waals surface area contributed by atoms with Gasteiger partial charge in [0.2, 0.25) is 5.91 Å². The number of rotatable bonds is 13. The largest absolute Gasteiger partial charge is 0.444 e. The van der Waals surface area contributed by atoms with Crippen molar-refractivity contribution in [2.75, 3.05) is 71.5 Å². The first-order valence-electron chi connectivity index (χ1n) is 14.1. The van der Waals surface area contributed by atoms with Crippen LogP contribution < -0.4 is 10.2 Å². The third-order valence-corrected chi connectivity index (χ3v) is 7.10. The average Bonchev–Trinajstić information content (AvgIpc) is 3.18. The molecule has 3 rings (SSSR count). The quantitative estimate of drug-likeness (QED) is 0.213. The van der Waals surface area contributed by atoms with Gasteiger partial charge in [-0.1, -0.05) is 0 Å². The van der Waals surface area contributed by atoms with Crippen molar-refractivity contribution in [2.45, 2.75) is 51.7 Å². The molecular formula is C29H43N5O7. The van der Waals surface area contributed by atoms with Crippen LogP contribution in [0, 0.1) is 0 Å². The molecule has 0 saturated carbocycles. The van der Waals surface area contributed by atoms with Crippen molar-refractivity contribution in [2.24, 2.45) is 0 Å². The summed E-state index contributed by atoms with van der Waals surface area (Å²) in [6.45, 7) is 11.2. The second kappa shape index (κ2) is 14.4. The van der Waals surface area contributed by atoms with Gasteiger partial charge < -0.3 is 29.4 Å². The van der Waals surface area contributed by atoms with Crippen molar-refractivity contribution in [3.8, 4) is 0 Å². The Morgan fingerprint density at radius 2 is 1.76 bits per heavy atom. The average molecular weight is 574 g/mol. The minimum Gasteiger partial charge on any atom is -0.444 e. The first-order valence-corrected chi connectivity index (χ1v) is 14.1. The maximum atomic E-state index is 13.2. The number of aldehydes is 1. The van der Waals surface area contributed by atoms with E-state index in [1.54, 1.807) is 24.1 Å². The van der Waals surface area contributed by atoms with Crippen LogP contribution in [-0.4, -0.2) is 123 Å². The van der Waals surface area contributed by atoms with E-state index in [1.165, 1.54) is 7.05 Å². The Morgan fingerprint density at radius 3 is 2.39 bits per heavy atom. The summed E-state index contributed by atoms with van der Waals surface area (Å²) >= 11 is 0. The maximum Gasteiger partial charge on any atom is 0.410 e. The Labute approximate surface area is 241 Å². The molecular weight excluding hydrogens is 530 g/mol. The standard InChI is InChI=1S/C29H43N5O7/c1-29(2,3)41-28(39)31(5)11-7-18-40-19-16-32-12-14-33(15-13-32)21-9-10-22-23(20-21)27(38)34(26(22)37)24(8-6-17-35)25(36)30-4/h9-10,17,20,24H,6-8,11-16,18-19H2,1-5H3,(H,30,36). The second-order valence-electron chi connectivity index (χ2n) is 11.3. The fraction of sp³-hybridized carbons (Fsp3) is 0.621. The number of hydrogen-bond acceptors (Lipinski definition) is 9. The van der Waals surface area contributed by atoms with Crippen molar-refractivity contribution in [1.82, 2.24) is 20.0 Å². The number of imide groups is 1. The van der Waals surface area contributed by atoms with Gasteiger partial charge in [0.1, 0.15) is 17.9 Å². The molecule has 0 radical (unpaired) electrons. The van der Waals surface area contributed by atoms with Crippen LogP contribution in [0.1, 0.15) is 60.7 Å². The van der Waals surface area contributed by atoms with Crippen LogP contribution in [0.5, 0.6) is 0 Å². The molecule has 1 aromatic carbocycles. The van der Waals surface area contributed by atoms with E-state index in [0.717, 1.165) is 49.7 Å².